The maximum atomic E-state index is 2.34. The number of hydrogen-bond acceptors (Lipinski definition) is 0. The Morgan fingerprint density at radius 1 is 1.00 bits per heavy atom. The van der Waals surface area contributed by atoms with Crippen molar-refractivity contribution in [2.24, 2.45) is 0 Å². The summed E-state index contributed by atoms with van der Waals surface area (Å²) in [4.78, 5) is 0. The van der Waals surface area contributed by atoms with Crippen molar-refractivity contribution in [3.63, 3.8) is 0 Å². The molecule has 0 rings (SSSR count). The fourth-order valence-corrected chi connectivity index (χ4v) is 1.69. The lowest BCUT2D eigenvalue weighted by Crippen LogP contribution is -1.84. The molecule has 0 unspecified atom stereocenters. The Hall–Kier alpha value is -1.04. The van der Waals surface area contributed by atoms with Crippen molar-refractivity contribution in [3.05, 3.63) is 47.6 Å². The minimum absolute atomic E-state index is 1.17. The normalized spacial score (nSPS) is 14.1. The Morgan fingerprint density at radius 2 is 1.76 bits per heavy atom. The van der Waals surface area contributed by atoms with Crippen molar-refractivity contribution in [2.45, 2.75) is 59.8 Å². The van der Waals surface area contributed by atoms with Gasteiger partial charge in [-0.3, -0.25) is 0 Å². The molecule has 0 heterocycles. The first-order valence-electron chi connectivity index (χ1n) is 6.93. The Bertz CT molecular complexity index is 287. The van der Waals surface area contributed by atoms with Crippen molar-refractivity contribution < 1.29 is 0 Å². The van der Waals surface area contributed by atoms with Gasteiger partial charge < -0.3 is 0 Å². The largest absolute Gasteiger partial charge is 0.0877 e. The Labute approximate surface area is 108 Å². The molecule has 0 bridgehead atoms. The number of rotatable bonds is 8. The monoisotopic (exact) mass is 232 g/mol. The van der Waals surface area contributed by atoms with Crippen LogP contribution in [0.5, 0.6) is 0 Å². The van der Waals surface area contributed by atoms with E-state index in [1.54, 1.807) is 5.57 Å². The van der Waals surface area contributed by atoms with Crippen molar-refractivity contribution in [1.82, 2.24) is 0 Å². The summed E-state index contributed by atoms with van der Waals surface area (Å²) in [6, 6.07) is 0. The van der Waals surface area contributed by atoms with Gasteiger partial charge in [-0.15, -0.1) is 0 Å². The van der Waals surface area contributed by atoms with Crippen molar-refractivity contribution in [1.29, 1.82) is 0 Å². The third kappa shape index (κ3) is 8.74. The van der Waals surface area contributed by atoms with Crippen LogP contribution in [-0.2, 0) is 0 Å². The summed E-state index contributed by atoms with van der Waals surface area (Å²) in [6.07, 6.45) is 19.3. The highest BCUT2D eigenvalue weighted by Crippen LogP contribution is 2.15. The minimum atomic E-state index is 1.17. The molecule has 0 heteroatoms. The molecule has 17 heavy (non-hydrogen) atoms. The molecular formula is C17H28. The highest BCUT2D eigenvalue weighted by Gasteiger charge is 1.95. The molecule has 0 aliphatic rings. The summed E-state index contributed by atoms with van der Waals surface area (Å²) in [6.45, 7) is 8.65. The predicted octanol–water partition coefficient (Wildman–Crippen LogP) is 5.98. The van der Waals surface area contributed by atoms with Crippen LogP contribution in [0.4, 0.5) is 0 Å². The number of allylic oxidation sites excluding steroid dienone is 8. The van der Waals surface area contributed by atoms with E-state index < -0.39 is 0 Å². The van der Waals surface area contributed by atoms with Crippen LogP contribution < -0.4 is 0 Å². The quantitative estimate of drug-likeness (QED) is 0.356. The van der Waals surface area contributed by atoms with E-state index >= 15 is 0 Å². The second-order valence-corrected chi connectivity index (χ2v) is 4.29. The highest BCUT2D eigenvalue weighted by molar-refractivity contribution is 5.34. The predicted molar refractivity (Wildman–Crippen MR) is 80.2 cm³/mol. The number of unbranched alkanes of at least 4 members (excludes halogenated alkanes) is 2. The topological polar surface area (TPSA) is 0 Å². The van der Waals surface area contributed by atoms with Gasteiger partial charge in [0.05, 0.1) is 0 Å². The SMILES string of the molecule is C\C=C/C=C\C(\C=C(\CC)CCCCC)=C/C. The van der Waals surface area contributed by atoms with Crippen LogP contribution >= 0.6 is 0 Å². The van der Waals surface area contributed by atoms with Gasteiger partial charge in [0, 0.05) is 0 Å². The van der Waals surface area contributed by atoms with Gasteiger partial charge in [0.25, 0.3) is 0 Å². The van der Waals surface area contributed by atoms with Crippen LogP contribution in [-0.4, -0.2) is 0 Å². The maximum absolute atomic E-state index is 2.34. The summed E-state index contributed by atoms with van der Waals surface area (Å²) >= 11 is 0. The van der Waals surface area contributed by atoms with Crippen LogP contribution in [0.15, 0.2) is 47.6 Å². The first-order chi connectivity index (χ1) is 8.28. The average Bonchev–Trinajstić information content (AvgIpc) is 2.36. The molecule has 0 spiro atoms. The van der Waals surface area contributed by atoms with Gasteiger partial charge in [0.15, 0.2) is 0 Å². The van der Waals surface area contributed by atoms with E-state index in [9.17, 15) is 0 Å². The fraction of sp³-hybridized carbons (Fsp3) is 0.529. The zero-order chi connectivity index (χ0) is 12.9. The molecule has 0 fully saturated rings. The van der Waals surface area contributed by atoms with Crippen molar-refractivity contribution in [2.75, 3.05) is 0 Å². The third-order valence-electron chi connectivity index (χ3n) is 2.85. The molecule has 96 valence electrons. The minimum Gasteiger partial charge on any atom is -0.0877 e. The lowest BCUT2D eigenvalue weighted by atomic mass is 10.0. The second-order valence-electron chi connectivity index (χ2n) is 4.29. The first kappa shape index (κ1) is 16.0. The van der Waals surface area contributed by atoms with E-state index in [0.717, 1.165) is 0 Å². The Morgan fingerprint density at radius 3 is 2.29 bits per heavy atom. The van der Waals surface area contributed by atoms with Gasteiger partial charge in [-0.05, 0) is 38.7 Å². The zero-order valence-electron chi connectivity index (χ0n) is 12.0. The van der Waals surface area contributed by atoms with E-state index in [0.29, 0.717) is 0 Å². The lowest BCUT2D eigenvalue weighted by molar-refractivity contribution is 0.702. The Balaban J connectivity index is 4.44. The van der Waals surface area contributed by atoms with E-state index in [1.165, 1.54) is 37.7 Å². The molecule has 0 nitrogen and oxygen atoms in total. The highest BCUT2D eigenvalue weighted by atomic mass is 14.0. The molecule has 0 aromatic carbocycles. The van der Waals surface area contributed by atoms with Crippen molar-refractivity contribution in [3.8, 4) is 0 Å². The molecule has 0 amide bonds. The Kier molecular flexibility index (Phi) is 10.7. The molecule has 0 aliphatic heterocycles. The molecule has 0 atom stereocenters. The summed E-state index contributed by atoms with van der Waals surface area (Å²) in [5.74, 6) is 0. The van der Waals surface area contributed by atoms with E-state index in [-0.39, 0.29) is 0 Å². The molecular weight excluding hydrogens is 204 g/mol. The maximum Gasteiger partial charge on any atom is -0.0300 e. The lowest BCUT2D eigenvalue weighted by Gasteiger charge is -2.04. The van der Waals surface area contributed by atoms with Crippen molar-refractivity contribution >= 4 is 0 Å². The molecule has 0 radical (unpaired) electrons. The summed E-state index contributed by atoms with van der Waals surface area (Å²) in [5.41, 5.74) is 2.88. The summed E-state index contributed by atoms with van der Waals surface area (Å²) in [5, 5.41) is 0. The van der Waals surface area contributed by atoms with Gasteiger partial charge in [0.2, 0.25) is 0 Å². The average molecular weight is 232 g/mol. The van der Waals surface area contributed by atoms with E-state index in [2.05, 4.69) is 57.2 Å². The standard InChI is InChI=1S/C17H28/c1-5-9-11-13-16(7-3)15-17(8-4)14-12-10-6-2/h5,7,9,11,13,15H,6,8,10,12,14H2,1-4H3/b9-5-,13-11-,16-7+,17-15-. The van der Waals surface area contributed by atoms with E-state index in [4.69, 9.17) is 0 Å². The second kappa shape index (κ2) is 11.4. The first-order valence-corrected chi connectivity index (χ1v) is 6.93. The summed E-state index contributed by atoms with van der Waals surface area (Å²) in [7, 11) is 0. The smallest absolute Gasteiger partial charge is 0.0300 e. The van der Waals surface area contributed by atoms with Crippen LogP contribution in [0.2, 0.25) is 0 Å². The fourth-order valence-electron chi connectivity index (χ4n) is 1.69. The molecule has 0 saturated heterocycles. The molecule has 0 saturated carbocycles. The third-order valence-corrected chi connectivity index (χ3v) is 2.85. The van der Waals surface area contributed by atoms with Crippen LogP contribution in [0.25, 0.3) is 0 Å². The van der Waals surface area contributed by atoms with Crippen LogP contribution in [0.1, 0.15) is 59.8 Å². The number of hydrogen-bond donors (Lipinski definition) is 0. The molecule has 0 aromatic rings. The molecule has 0 N–H and O–H groups in total. The van der Waals surface area contributed by atoms with Gasteiger partial charge in [-0.2, -0.15) is 0 Å². The van der Waals surface area contributed by atoms with E-state index in [1.807, 2.05) is 6.92 Å². The van der Waals surface area contributed by atoms with Gasteiger partial charge in [-0.25, -0.2) is 0 Å². The zero-order valence-corrected chi connectivity index (χ0v) is 12.0. The van der Waals surface area contributed by atoms with Crippen LogP contribution in [0, 0.1) is 0 Å². The van der Waals surface area contributed by atoms with Crippen LogP contribution in [0.3, 0.4) is 0 Å². The summed E-state index contributed by atoms with van der Waals surface area (Å²) < 4.78 is 0. The van der Waals surface area contributed by atoms with Gasteiger partial charge >= 0.3 is 0 Å². The van der Waals surface area contributed by atoms with Gasteiger partial charge in [-0.1, -0.05) is 68.7 Å². The molecule has 0 aromatic heterocycles. The van der Waals surface area contributed by atoms with Gasteiger partial charge in [0.1, 0.15) is 0 Å². The molecule has 0 aliphatic carbocycles.